The monoisotopic (exact) mass is 622 g/mol. The number of fused-ring (bicyclic) bond motifs is 4. The lowest BCUT2D eigenvalue weighted by molar-refractivity contribution is -0.137. The van der Waals surface area contributed by atoms with Gasteiger partial charge < -0.3 is 14.7 Å². The number of thioether (sulfide) groups is 2. The Bertz CT molecular complexity index is 1870. The van der Waals surface area contributed by atoms with E-state index in [1.54, 1.807) is 23.9 Å². The number of hydrogen-bond acceptors (Lipinski definition) is 7. The lowest BCUT2D eigenvalue weighted by Gasteiger charge is -2.21. The molecule has 2 aliphatic rings. The van der Waals surface area contributed by atoms with Gasteiger partial charge in [0.25, 0.3) is 5.91 Å². The Morgan fingerprint density at radius 1 is 0.814 bits per heavy atom. The summed E-state index contributed by atoms with van der Waals surface area (Å²) >= 11 is 8.14. The number of aliphatic carboxylic acids is 1. The zero-order chi connectivity index (χ0) is 29.8. The predicted molar refractivity (Wildman–Crippen MR) is 180 cm³/mol. The summed E-state index contributed by atoms with van der Waals surface area (Å²) in [6, 6.07) is 27.0. The van der Waals surface area contributed by atoms with Crippen molar-refractivity contribution in [2.24, 2.45) is 0 Å². The predicted octanol–water partition coefficient (Wildman–Crippen LogP) is 8.11. The van der Waals surface area contributed by atoms with Crippen LogP contribution in [-0.4, -0.2) is 39.5 Å². The Morgan fingerprint density at radius 3 is 2.30 bits per heavy atom. The number of carbonyl (C=O) groups excluding carboxylic acids is 1. The number of nitrogens with zero attached hydrogens (tertiary/aromatic N) is 2. The molecule has 4 aromatic rings. The fourth-order valence-electron chi connectivity index (χ4n) is 4.87. The molecule has 1 saturated heterocycles. The number of rotatable bonds is 9. The maximum Gasteiger partial charge on any atom is 0.305 e. The second-order valence-corrected chi connectivity index (χ2v) is 12.4. The molecular weight excluding hydrogens is 597 g/mol. The van der Waals surface area contributed by atoms with Gasteiger partial charge in [0.15, 0.2) is 6.73 Å². The highest BCUT2D eigenvalue weighted by molar-refractivity contribution is 8.26. The minimum Gasteiger partial charge on any atom is -0.481 e. The highest BCUT2D eigenvalue weighted by Crippen LogP contribution is 2.49. The molecule has 1 fully saturated rings. The van der Waals surface area contributed by atoms with Crippen LogP contribution < -0.4 is 9.64 Å². The molecule has 0 aromatic heterocycles. The van der Waals surface area contributed by atoms with E-state index in [4.69, 9.17) is 22.1 Å². The first-order valence-electron chi connectivity index (χ1n) is 13.6. The van der Waals surface area contributed by atoms with Gasteiger partial charge in [0.2, 0.25) is 0 Å². The quantitative estimate of drug-likeness (QED) is 0.114. The Balaban J connectivity index is 1.20. The molecule has 0 bridgehead atoms. The van der Waals surface area contributed by atoms with Gasteiger partial charge in [-0.15, -0.1) is 0 Å². The molecule has 0 spiro atoms. The van der Waals surface area contributed by atoms with Crippen molar-refractivity contribution in [1.82, 2.24) is 4.90 Å². The van der Waals surface area contributed by atoms with Crippen LogP contribution >= 0.6 is 35.7 Å². The van der Waals surface area contributed by atoms with Crippen molar-refractivity contribution < 1.29 is 19.4 Å². The number of thiocarbonyl (C=S) groups is 1. The molecule has 4 aromatic carbocycles. The molecule has 0 saturated carbocycles. The van der Waals surface area contributed by atoms with Crippen LogP contribution in [0.5, 0.6) is 5.75 Å². The molecule has 0 aliphatic carbocycles. The lowest BCUT2D eigenvalue weighted by Crippen LogP contribution is -2.30. The molecule has 0 unspecified atom stereocenters. The highest BCUT2D eigenvalue weighted by atomic mass is 32.2. The van der Waals surface area contributed by atoms with E-state index in [0.29, 0.717) is 16.0 Å². The second kappa shape index (κ2) is 12.9. The lowest BCUT2D eigenvalue weighted by atomic mass is 10.1. The molecule has 43 heavy (non-hydrogen) atoms. The van der Waals surface area contributed by atoms with E-state index in [1.807, 2.05) is 42.5 Å². The van der Waals surface area contributed by atoms with Gasteiger partial charge in [-0.3, -0.25) is 14.5 Å². The van der Waals surface area contributed by atoms with Gasteiger partial charge in [-0.25, -0.2) is 0 Å². The number of carbonyl (C=O) groups is 2. The molecule has 6 nitrogen and oxygen atoms in total. The van der Waals surface area contributed by atoms with Crippen LogP contribution in [0.3, 0.4) is 0 Å². The molecule has 9 heteroatoms. The van der Waals surface area contributed by atoms with Gasteiger partial charge >= 0.3 is 5.97 Å². The van der Waals surface area contributed by atoms with Crippen molar-refractivity contribution in [2.45, 2.75) is 11.3 Å². The number of ether oxygens (including phenoxy) is 1. The van der Waals surface area contributed by atoms with E-state index in [2.05, 4.69) is 65.6 Å². The van der Waals surface area contributed by atoms with Gasteiger partial charge in [0.1, 0.15) is 10.1 Å². The number of hydrogen-bond donors (Lipinski definition) is 1. The fraction of sp³-hybridized carbons (Fsp3) is 0.0882. The zero-order valence-corrected chi connectivity index (χ0v) is 25.3. The molecule has 2 aliphatic heterocycles. The smallest absolute Gasteiger partial charge is 0.305 e. The normalized spacial score (nSPS) is 17.0. The summed E-state index contributed by atoms with van der Waals surface area (Å²) in [6.45, 7) is 0.427. The third-order valence-electron chi connectivity index (χ3n) is 6.96. The number of carboxylic acid groups (broad SMARTS) is 1. The number of anilines is 1. The topological polar surface area (TPSA) is 70.1 Å². The average Bonchev–Trinajstić information content (AvgIpc) is 3.51. The summed E-state index contributed by atoms with van der Waals surface area (Å²) in [7, 11) is 0. The highest BCUT2D eigenvalue weighted by Gasteiger charge is 2.31. The van der Waals surface area contributed by atoms with E-state index in [1.165, 1.54) is 32.3 Å². The molecule has 1 amide bonds. The minimum absolute atomic E-state index is 0.0740. The van der Waals surface area contributed by atoms with Crippen molar-refractivity contribution in [2.75, 3.05) is 18.2 Å². The summed E-state index contributed by atoms with van der Waals surface area (Å²) in [5, 5.41) is 14.6. The van der Waals surface area contributed by atoms with Gasteiger partial charge in [-0.2, -0.15) is 0 Å². The Hall–Kier alpha value is -4.31. The third kappa shape index (κ3) is 6.24. The van der Waals surface area contributed by atoms with Crippen LogP contribution in [0.15, 0.2) is 130 Å². The maximum absolute atomic E-state index is 12.6. The van der Waals surface area contributed by atoms with Gasteiger partial charge in [0, 0.05) is 16.8 Å². The van der Waals surface area contributed by atoms with Crippen LogP contribution in [-0.2, 0) is 9.59 Å². The maximum atomic E-state index is 12.6. The number of carboxylic acids is 1. The number of allylic oxidation sites excluding steroid dienone is 6. The Labute approximate surface area is 263 Å². The van der Waals surface area contributed by atoms with Crippen LogP contribution in [0, 0.1) is 0 Å². The van der Waals surface area contributed by atoms with E-state index in [-0.39, 0.29) is 18.9 Å². The number of amides is 1. The first-order valence-corrected chi connectivity index (χ1v) is 15.6. The van der Waals surface area contributed by atoms with Gasteiger partial charge in [-0.05, 0) is 40.4 Å². The van der Waals surface area contributed by atoms with E-state index in [0.717, 1.165) is 27.2 Å². The summed E-state index contributed by atoms with van der Waals surface area (Å²) in [6.07, 6.45) is 11.1. The van der Waals surface area contributed by atoms with Crippen molar-refractivity contribution >= 4 is 79.2 Å². The van der Waals surface area contributed by atoms with Crippen molar-refractivity contribution in [3.8, 4) is 5.75 Å². The zero-order valence-electron chi connectivity index (χ0n) is 22.9. The summed E-state index contributed by atoms with van der Waals surface area (Å²) < 4.78 is 6.78. The fourth-order valence-corrected chi connectivity index (χ4v) is 7.32. The molecule has 2 heterocycles. The Morgan fingerprint density at radius 2 is 1.51 bits per heavy atom. The summed E-state index contributed by atoms with van der Waals surface area (Å²) in [5.74, 6) is -0.391. The molecule has 0 atom stereocenters. The second-order valence-electron chi connectivity index (χ2n) is 9.69. The summed E-state index contributed by atoms with van der Waals surface area (Å²) in [4.78, 5) is 28.6. The van der Waals surface area contributed by atoms with Crippen LogP contribution in [0.1, 0.15) is 6.42 Å². The van der Waals surface area contributed by atoms with Crippen LogP contribution in [0.25, 0.3) is 21.5 Å². The molecule has 6 rings (SSSR count). The van der Waals surface area contributed by atoms with Gasteiger partial charge in [0.05, 0.1) is 22.0 Å². The Kier molecular flexibility index (Phi) is 8.64. The van der Waals surface area contributed by atoms with Crippen LogP contribution in [0.4, 0.5) is 5.69 Å². The minimum atomic E-state index is -0.965. The van der Waals surface area contributed by atoms with E-state index >= 15 is 0 Å². The van der Waals surface area contributed by atoms with Crippen molar-refractivity contribution in [1.29, 1.82) is 0 Å². The first-order chi connectivity index (χ1) is 21.0. The first kappa shape index (κ1) is 28.8. The molecule has 214 valence electrons. The van der Waals surface area contributed by atoms with E-state index < -0.39 is 5.97 Å². The molecule has 0 radical (unpaired) electrons. The number of benzene rings is 4. The largest absolute Gasteiger partial charge is 0.481 e. The summed E-state index contributed by atoms with van der Waals surface area (Å²) in [5.41, 5.74) is 1.10. The SMILES string of the molecule is O=C(O)CCN1C(=O)\C(=C/C=C/C=C\C=C2\Sc3c(ccc4ccccc34)N2COc2cccc3ccccc23)SC1=S. The van der Waals surface area contributed by atoms with Crippen molar-refractivity contribution in [3.63, 3.8) is 0 Å². The third-order valence-corrected chi connectivity index (χ3v) is 9.56. The molecule has 1 N–H and O–H groups in total. The van der Waals surface area contributed by atoms with Gasteiger partial charge in [-0.1, -0.05) is 127 Å². The van der Waals surface area contributed by atoms with E-state index in [9.17, 15) is 9.59 Å². The van der Waals surface area contributed by atoms with Crippen molar-refractivity contribution in [3.05, 3.63) is 125 Å². The average molecular weight is 623 g/mol. The van der Waals surface area contributed by atoms with Crippen LogP contribution in [0.2, 0.25) is 0 Å². The molecular formula is C34H26N2O4S3. The standard InChI is InChI=1S/C34H26N2O4S3/c37-31(38)20-21-35-33(39)29(42-34(35)41)16-3-1-2-4-17-30-36(22-40-28-15-9-12-23-10-5-7-13-25(23)28)27-19-18-24-11-6-8-14-26(24)32(27)43-30/h1-19H,20-22H2,(H,37,38)/b3-1+,4-2-,29-16+,30-17+.